The Morgan fingerprint density at radius 1 is 1.09 bits per heavy atom. The Balaban J connectivity index is 1.89. The van der Waals surface area contributed by atoms with E-state index < -0.39 is 0 Å². The summed E-state index contributed by atoms with van der Waals surface area (Å²) < 4.78 is 0. The lowest BCUT2D eigenvalue weighted by Gasteiger charge is -2.20. The monoisotopic (exact) mass is 327 g/mol. The van der Waals surface area contributed by atoms with Crippen molar-refractivity contribution >= 4 is 17.7 Å². The van der Waals surface area contributed by atoms with E-state index in [0.29, 0.717) is 0 Å². The van der Waals surface area contributed by atoms with Gasteiger partial charge in [-0.25, -0.2) is 0 Å². The van der Waals surface area contributed by atoms with Crippen molar-refractivity contribution in [3.05, 3.63) is 71.3 Å². The molecule has 2 nitrogen and oxygen atoms in total. The minimum atomic E-state index is -0.0605. The van der Waals surface area contributed by atoms with Crippen molar-refractivity contribution < 1.29 is 4.79 Å². The highest BCUT2D eigenvalue weighted by atomic mass is 32.2. The standard InChI is InChI=1S/C20H25NOS/c1-4-19(18-12-10-15(2)11-13-18)21-20(22)16(3)23-14-17-8-6-5-7-9-17/h5-13,16,19H,4,14H2,1-3H3,(H,21,22)/t16-,19+/m1/s1. The van der Waals surface area contributed by atoms with Crippen LogP contribution in [0.15, 0.2) is 54.6 Å². The van der Waals surface area contributed by atoms with Crippen LogP contribution in [0.5, 0.6) is 0 Å². The lowest BCUT2D eigenvalue weighted by molar-refractivity contribution is -0.121. The number of thioether (sulfide) groups is 1. The zero-order valence-electron chi connectivity index (χ0n) is 14.1. The van der Waals surface area contributed by atoms with Gasteiger partial charge in [0.2, 0.25) is 5.91 Å². The first-order valence-corrected chi connectivity index (χ1v) is 9.17. The molecule has 0 bridgehead atoms. The van der Waals surface area contributed by atoms with Gasteiger partial charge in [-0.15, -0.1) is 11.8 Å². The van der Waals surface area contributed by atoms with Crippen LogP contribution in [0.3, 0.4) is 0 Å². The molecule has 0 saturated carbocycles. The van der Waals surface area contributed by atoms with Crippen molar-refractivity contribution in [2.75, 3.05) is 0 Å². The fourth-order valence-electron chi connectivity index (χ4n) is 2.38. The number of benzene rings is 2. The first-order chi connectivity index (χ1) is 11.1. The lowest BCUT2D eigenvalue weighted by atomic mass is 10.0. The molecule has 0 fully saturated rings. The molecular weight excluding hydrogens is 302 g/mol. The zero-order chi connectivity index (χ0) is 16.7. The Bertz CT molecular complexity index is 609. The van der Waals surface area contributed by atoms with E-state index in [2.05, 4.69) is 55.6 Å². The van der Waals surface area contributed by atoms with Gasteiger partial charge in [-0.05, 0) is 31.4 Å². The molecular formula is C20H25NOS. The second-order valence-corrected chi connectivity index (χ2v) is 7.15. The van der Waals surface area contributed by atoms with E-state index in [1.807, 2.05) is 25.1 Å². The number of carbonyl (C=O) groups excluding carboxylic acids is 1. The first-order valence-electron chi connectivity index (χ1n) is 8.12. The summed E-state index contributed by atoms with van der Waals surface area (Å²) >= 11 is 1.68. The molecule has 1 amide bonds. The summed E-state index contributed by atoms with van der Waals surface area (Å²) in [6, 6.07) is 18.8. The van der Waals surface area contributed by atoms with Crippen LogP contribution in [0.2, 0.25) is 0 Å². The van der Waals surface area contributed by atoms with E-state index in [-0.39, 0.29) is 17.2 Å². The van der Waals surface area contributed by atoms with E-state index in [9.17, 15) is 4.79 Å². The van der Waals surface area contributed by atoms with Crippen LogP contribution in [-0.4, -0.2) is 11.2 Å². The number of hydrogen-bond acceptors (Lipinski definition) is 2. The van der Waals surface area contributed by atoms with E-state index in [4.69, 9.17) is 0 Å². The minimum Gasteiger partial charge on any atom is -0.348 e. The Labute approximate surface area is 143 Å². The number of nitrogens with one attached hydrogen (secondary N) is 1. The fraction of sp³-hybridized carbons (Fsp3) is 0.350. The van der Waals surface area contributed by atoms with Gasteiger partial charge in [0.25, 0.3) is 0 Å². The average molecular weight is 327 g/mol. The van der Waals surface area contributed by atoms with Crippen LogP contribution in [0.4, 0.5) is 0 Å². The van der Waals surface area contributed by atoms with E-state index in [0.717, 1.165) is 12.2 Å². The summed E-state index contributed by atoms with van der Waals surface area (Å²) in [4.78, 5) is 12.4. The van der Waals surface area contributed by atoms with Gasteiger partial charge in [0, 0.05) is 5.75 Å². The SMILES string of the molecule is CC[C@H](NC(=O)[C@@H](C)SCc1ccccc1)c1ccc(C)cc1. The summed E-state index contributed by atoms with van der Waals surface area (Å²) in [6.45, 7) is 6.16. The van der Waals surface area contributed by atoms with E-state index in [1.54, 1.807) is 11.8 Å². The topological polar surface area (TPSA) is 29.1 Å². The molecule has 1 N–H and O–H groups in total. The van der Waals surface area contributed by atoms with Gasteiger partial charge in [0.05, 0.1) is 11.3 Å². The quantitative estimate of drug-likeness (QED) is 0.785. The summed E-state index contributed by atoms with van der Waals surface area (Å²) in [6.07, 6.45) is 0.894. The third kappa shape index (κ3) is 5.43. The second-order valence-electron chi connectivity index (χ2n) is 5.82. The van der Waals surface area contributed by atoms with Gasteiger partial charge >= 0.3 is 0 Å². The molecule has 0 spiro atoms. The van der Waals surface area contributed by atoms with Gasteiger partial charge in [0.15, 0.2) is 0 Å². The van der Waals surface area contributed by atoms with Crippen LogP contribution < -0.4 is 5.32 Å². The van der Waals surface area contributed by atoms with Gasteiger partial charge in [0.1, 0.15) is 0 Å². The molecule has 0 unspecified atom stereocenters. The molecule has 23 heavy (non-hydrogen) atoms. The van der Waals surface area contributed by atoms with Crippen LogP contribution in [0.25, 0.3) is 0 Å². The lowest BCUT2D eigenvalue weighted by Crippen LogP contribution is -2.34. The number of amides is 1. The molecule has 2 rings (SSSR count). The molecule has 2 aromatic carbocycles. The fourth-order valence-corrected chi connectivity index (χ4v) is 3.23. The van der Waals surface area contributed by atoms with Crippen molar-refractivity contribution in [3.8, 4) is 0 Å². The van der Waals surface area contributed by atoms with Crippen molar-refractivity contribution in [2.45, 2.75) is 44.2 Å². The number of carbonyl (C=O) groups is 1. The van der Waals surface area contributed by atoms with Crippen molar-refractivity contribution in [2.24, 2.45) is 0 Å². The predicted molar refractivity (Wildman–Crippen MR) is 99.6 cm³/mol. The van der Waals surface area contributed by atoms with Gasteiger partial charge in [-0.3, -0.25) is 4.79 Å². The molecule has 0 saturated heterocycles. The second kappa shape index (κ2) is 8.78. The number of hydrogen-bond donors (Lipinski definition) is 1. The third-order valence-electron chi connectivity index (χ3n) is 3.92. The molecule has 0 heterocycles. The largest absolute Gasteiger partial charge is 0.348 e. The summed E-state index contributed by atoms with van der Waals surface area (Å²) in [5, 5.41) is 3.12. The molecule has 0 radical (unpaired) electrons. The molecule has 0 aromatic heterocycles. The average Bonchev–Trinajstić information content (AvgIpc) is 2.59. The maximum absolute atomic E-state index is 12.4. The molecule has 0 aliphatic carbocycles. The minimum absolute atomic E-state index is 0.0605. The van der Waals surface area contributed by atoms with Crippen molar-refractivity contribution in [1.82, 2.24) is 5.32 Å². The van der Waals surface area contributed by atoms with Crippen LogP contribution in [0, 0.1) is 6.92 Å². The van der Waals surface area contributed by atoms with Crippen LogP contribution in [0.1, 0.15) is 43.0 Å². The maximum Gasteiger partial charge on any atom is 0.233 e. The molecule has 2 atom stereocenters. The Kier molecular flexibility index (Phi) is 6.72. The smallest absolute Gasteiger partial charge is 0.233 e. The molecule has 0 aliphatic rings. The number of rotatable bonds is 7. The molecule has 3 heteroatoms. The van der Waals surface area contributed by atoms with E-state index >= 15 is 0 Å². The highest BCUT2D eigenvalue weighted by molar-refractivity contribution is 7.99. The Hall–Kier alpha value is -1.74. The zero-order valence-corrected chi connectivity index (χ0v) is 14.9. The molecule has 0 aliphatic heterocycles. The normalized spacial score (nSPS) is 13.3. The van der Waals surface area contributed by atoms with Crippen molar-refractivity contribution in [3.63, 3.8) is 0 Å². The van der Waals surface area contributed by atoms with Crippen molar-refractivity contribution in [1.29, 1.82) is 0 Å². The third-order valence-corrected chi connectivity index (χ3v) is 5.13. The first kappa shape index (κ1) is 17.6. The number of aryl methyl sites for hydroxylation is 1. The van der Waals surface area contributed by atoms with Gasteiger partial charge in [-0.2, -0.15) is 0 Å². The van der Waals surface area contributed by atoms with Gasteiger partial charge < -0.3 is 5.32 Å². The summed E-state index contributed by atoms with van der Waals surface area (Å²) in [7, 11) is 0. The maximum atomic E-state index is 12.4. The summed E-state index contributed by atoms with van der Waals surface area (Å²) in [5.41, 5.74) is 3.66. The molecule has 122 valence electrons. The highest BCUT2D eigenvalue weighted by Gasteiger charge is 2.18. The predicted octanol–water partition coefficient (Wildman–Crippen LogP) is 4.88. The Morgan fingerprint density at radius 3 is 2.35 bits per heavy atom. The Morgan fingerprint density at radius 2 is 1.74 bits per heavy atom. The van der Waals surface area contributed by atoms with Crippen LogP contribution >= 0.6 is 11.8 Å². The van der Waals surface area contributed by atoms with E-state index in [1.165, 1.54) is 16.7 Å². The highest BCUT2D eigenvalue weighted by Crippen LogP contribution is 2.21. The van der Waals surface area contributed by atoms with Crippen LogP contribution in [-0.2, 0) is 10.5 Å². The summed E-state index contributed by atoms with van der Waals surface area (Å²) in [5.74, 6) is 0.967. The molecule has 2 aromatic rings. The van der Waals surface area contributed by atoms with Gasteiger partial charge in [-0.1, -0.05) is 67.1 Å².